The number of amides is 1. The van der Waals surface area contributed by atoms with E-state index in [-0.39, 0.29) is 11.9 Å². The second-order valence-corrected chi connectivity index (χ2v) is 9.75. The molecule has 32 heavy (non-hydrogen) atoms. The Bertz CT molecular complexity index is 790. The van der Waals surface area contributed by atoms with Crippen molar-refractivity contribution in [2.75, 3.05) is 27.4 Å². The van der Waals surface area contributed by atoms with E-state index in [4.69, 9.17) is 33.2 Å². The summed E-state index contributed by atoms with van der Waals surface area (Å²) in [5.41, 5.74) is -0.522. The number of rotatable bonds is 7. The van der Waals surface area contributed by atoms with Crippen molar-refractivity contribution in [1.82, 2.24) is 4.90 Å². The highest BCUT2D eigenvalue weighted by Crippen LogP contribution is 2.46. The molecule has 10 heteroatoms. The van der Waals surface area contributed by atoms with Gasteiger partial charge >= 0.3 is 5.97 Å². The molecule has 0 aromatic carbocycles. The van der Waals surface area contributed by atoms with Crippen LogP contribution < -0.4 is 0 Å². The van der Waals surface area contributed by atoms with Crippen LogP contribution in [0.25, 0.3) is 0 Å². The number of hydrogen-bond acceptors (Lipinski definition) is 9. The van der Waals surface area contributed by atoms with Crippen LogP contribution in [0.1, 0.15) is 34.6 Å². The average molecular weight is 456 g/mol. The first-order chi connectivity index (χ1) is 14.9. The second-order valence-electron chi connectivity index (χ2n) is 9.75. The first-order valence-electron chi connectivity index (χ1n) is 10.8. The molecule has 4 rings (SSSR count). The Kier molecular flexibility index (Phi) is 5.92. The lowest BCUT2D eigenvalue weighted by Gasteiger charge is -2.52. The van der Waals surface area contributed by atoms with Crippen LogP contribution in [0, 0.1) is 0 Å². The highest BCUT2D eigenvalue weighted by Gasteiger charge is 2.66. The summed E-state index contributed by atoms with van der Waals surface area (Å²) in [6, 6.07) is -0.976. The molecule has 1 amide bonds. The summed E-state index contributed by atoms with van der Waals surface area (Å²) in [6.07, 6.45) is 0.717. The van der Waals surface area contributed by atoms with Crippen LogP contribution in [0.2, 0.25) is 0 Å². The van der Waals surface area contributed by atoms with Gasteiger partial charge in [0.05, 0.1) is 32.4 Å². The van der Waals surface area contributed by atoms with E-state index in [1.165, 1.54) is 20.3 Å². The van der Waals surface area contributed by atoms with E-state index in [0.717, 1.165) is 0 Å². The maximum atomic E-state index is 13.1. The van der Waals surface area contributed by atoms with Crippen LogP contribution in [-0.4, -0.2) is 97.9 Å². The van der Waals surface area contributed by atoms with E-state index < -0.39 is 53.6 Å². The van der Waals surface area contributed by atoms with Crippen molar-refractivity contribution >= 4 is 11.9 Å². The third kappa shape index (κ3) is 4.20. The van der Waals surface area contributed by atoms with Gasteiger partial charge in [-0.1, -0.05) is 6.08 Å². The Morgan fingerprint density at radius 1 is 1.09 bits per heavy atom. The minimum Gasteiger partial charge on any atom is -0.466 e. The quantitative estimate of drug-likeness (QED) is 0.238. The number of carbonyl (C=O) groups excluding carboxylic acids is 2. The maximum Gasteiger partial charge on any atom is 0.330 e. The number of carbonyl (C=O) groups is 2. The molecular formula is C22H33NO9. The van der Waals surface area contributed by atoms with E-state index >= 15 is 0 Å². The van der Waals surface area contributed by atoms with Gasteiger partial charge in [0.25, 0.3) is 5.91 Å². The maximum absolute atomic E-state index is 13.1. The molecule has 4 aliphatic rings. The van der Waals surface area contributed by atoms with Crippen LogP contribution in [0.15, 0.2) is 12.2 Å². The normalized spacial score (nSPS) is 41.0. The molecule has 4 aliphatic heterocycles. The molecule has 0 aliphatic carbocycles. The molecule has 7 atom stereocenters. The summed E-state index contributed by atoms with van der Waals surface area (Å²) < 4.78 is 40.2. The van der Waals surface area contributed by atoms with E-state index in [2.05, 4.69) is 0 Å². The summed E-state index contributed by atoms with van der Waals surface area (Å²) in [4.78, 5) is 26.7. The van der Waals surface area contributed by atoms with Crippen molar-refractivity contribution in [3.05, 3.63) is 12.2 Å². The molecule has 0 spiro atoms. The molecule has 4 saturated heterocycles. The van der Waals surface area contributed by atoms with Crippen molar-refractivity contribution in [2.45, 2.75) is 88.3 Å². The molecule has 0 aromatic heterocycles. The standard InChI is InChI=1S/C22H33NO9/c1-20(2)28-10-13(30-20)16-15(31-21(3,4)32-16)12(8-9-14(24)26-6)23-18(22(5)11-29-22)17(27-7)19(23)25/h8-9,12-13,15-18H,10-11H2,1-7H3/b9-8+/t12-,13+,15+,16+,17+,18+,22+/m0/s1. The van der Waals surface area contributed by atoms with Crippen molar-refractivity contribution in [1.29, 1.82) is 0 Å². The molecule has 0 saturated carbocycles. The minimum absolute atomic E-state index is 0.204. The second kappa shape index (κ2) is 8.03. The fourth-order valence-electron chi connectivity index (χ4n) is 4.80. The lowest BCUT2D eigenvalue weighted by Crippen LogP contribution is -2.74. The highest BCUT2D eigenvalue weighted by molar-refractivity contribution is 5.90. The molecule has 4 fully saturated rings. The smallest absolute Gasteiger partial charge is 0.330 e. The Hall–Kier alpha value is -1.56. The van der Waals surface area contributed by atoms with Gasteiger partial charge in [-0.25, -0.2) is 4.79 Å². The number of esters is 1. The van der Waals surface area contributed by atoms with Gasteiger partial charge in [0.15, 0.2) is 17.7 Å². The fraction of sp³-hybridized carbons (Fsp3) is 0.818. The summed E-state index contributed by atoms with van der Waals surface area (Å²) in [5, 5.41) is 0. The Labute approximate surface area is 188 Å². The zero-order valence-corrected chi connectivity index (χ0v) is 19.7. The summed E-state index contributed by atoms with van der Waals surface area (Å²) >= 11 is 0. The Morgan fingerprint density at radius 3 is 2.31 bits per heavy atom. The van der Waals surface area contributed by atoms with E-state index in [0.29, 0.717) is 13.2 Å². The largest absolute Gasteiger partial charge is 0.466 e. The molecule has 10 nitrogen and oxygen atoms in total. The van der Waals surface area contributed by atoms with Crippen LogP contribution in [-0.2, 0) is 42.7 Å². The third-order valence-corrected chi connectivity index (χ3v) is 6.41. The van der Waals surface area contributed by atoms with Crippen LogP contribution in [0.4, 0.5) is 0 Å². The lowest BCUT2D eigenvalue weighted by molar-refractivity contribution is -0.190. The predicted molar refractivity (Wildman–Crippen MR) is 109 cm³/mol. The van der Waals surface area contributed by atoms with Crippen molar-refractivity contribution in [3.63, 3.8) is 0 Å². The zero-order valence-electron chi connectivity index (χ0n) is 19.7. The van der Waals surface area contributed by atoms with E-state index in [1.54, 1.807) is 24.8 Å². The fourth-order valence-corrected chi connectivity index (χ4v) is 4.80. The van der Waals surface area contributed by atoms with Crippen molar-refractivity contribution in [3.8, 4) is 0 Å². The van der Waals surface area contributed by atoms with Gasteiger partial charge in [0.1, 0.15) is 23.9 Å². The van der Waals surface area contributed by atoms with Crippen molar-refractivity contribution < 1.29 is 42.7 Å². The third-order valence-electron chi connectivity index (χ3n) is 6.41. The molecule has 0 unspecified atom stereocenters. The first-order valence-corrected chi connectivity index (χ1v) is 10.8. The topological polar surface area (TPSA) is 105 Å². The SMILES string of the molecule is COC(=O)/C=C/[C@@H]([C@H]1OC(C)(C)O[C@@H]1[C@H]1COC(C)(C)O1)N1C(=O)[C@H](OC)[C@@H]1[C@@]1(C)CO1. The van der Waals surface area contributed by atoms with Gasteiger partial charge in [-0.2, -0.15) is 0 Å². The minimum atomic E-state index is -0.924. The number of epoxide rings is 1. The summed E-state index contributed by atoms with van der Waals surface area (Å²) in [5.74, 6) is -2.42. The number of nitrogens with zero attached hydrogens (tertiary/aromatic N) is 1. The van der Waals surface area contributed by atoms with Gasteiger partial charge in [-0.05, 0) is 34.6 Å². The highest BCUT2D eigenvalue weighted by atomic mass is 16.8. The Morgan fingerprint density at radius 2 is 1.78 bits per heavy atom. The molecule has 180 valence electrons. The average Bonchev–Trinajstić information content (AvgIpc) is 3.21. The molecule has 0 aromatic rings. The molecule has 4 heterocycles. The van der Waals surface area contributed by atoms with Crippen LogP contribution in [0.3, 0.4) is 0 Å². The molecule has 0 radical (unpaired) electrons. The van der Waals surface area contributed by atoms with Crippen LogP contribution in [0.5, 0.6) is 0 Å². The number of β-lactam (4-membered cyclic amide) rings is 1. The predicted octanol–water partition coefficient (Wildman–Crippen LogP) is 0.771. The van der Waals surface area contributed by atoms with Crippen LogP contribution >= 0.6 is 0 Å². The van der Waals surface area contributed by atoms with Gasteiger partial charge in [0.2, 0.25) is 0 Å². The molecule has 0 N–H and O–H groups in total. The summed E-state index contributed by atoms with van der Waals surface area (Å²) in [7, 11) is 2.80. The number of ether oxygens (including phenoxy) is 7. The zero-order chi connectivity index (χ0) is 23.5. The number of methoxy groups -OCH3 is 2. The Balaban J connectivity index is 1.68. The van der Waals surface area contributed by atoms with E-state index in [1.807, 2.05) is 20.8 Å². The number of hydrogen-bond donors (Lipinski definition) is 0. The van der Waals surface area contributed by atoms with Gasteiger partial charge in [-0.3, -0.25) is 4.79 Å². The van der Waals surface area contributed by atoms with Gasteiger partial charge in [0, 0.05) is 13.2 Å². The molecular weight excluding hydrogens is 422 g/mol. The molecule has 0 bridgehead atoms. The van der Waals surface area contributed by atoms with Crippen molar-refractivity contribution in [2.24, 2.45) is 0 Å². The van der Waals surface area contributed by atoms with Gasteiger partial charge in [-0.15, -0.1) is 0 Å². The monoisotopic (exact) mass is 455 g/mol. The van der Waals surface area contributed by atoms with Gasteiger partial charge < -0.3 is 38.1 Å². The first kappa shape index (κ1) is 23.6. The van der Waals surface area contributed by atoms with E-state index in [9.17, 15) is 9.59 Å². The number of likely N-dealkylation sites (tertiary alicyclic amines) is 1. The summed E-state index contributed by atoms with van der Waals surface area (Å²) in [6.45, 7) is 10.1. The lowest BCUT2D eigenvalue weighted by atomic mass is 9.83.